The Kier molecular flexibility index (Phi) is 7.42. The second-order valence-electron chi connectivity index (χ2n) is 7.27. The lowest BCUT2D eigenvalue weighted by molar-refractivity contribution is -0.106. The third-order valence-electron chi connectivity index (χ3n) is 5.01. The van der Waals surface area contributed by atoms with Gasteiger partial charge in [-0.1, -0.05) is 33.8 Å². The van der Waals surface area contributed by atoms with Crippen LogP contribution < -0.4 is 4.74 Å². The van der Waals surface area contributed by atoms with Gasteiger partial charge in [-0.3, -0.25) is 0 Å². The highest BCUT2D eigenvalue weighted by Gasteiger charge is 2.32. The molecule has 150 valence electrons. The van der Waals surface area contributed by atoms with Gasteiger partial charge in [0.2, 0.25) is 0 Å². The molecular formula is C22H31FO4. The summed E-state index contributed by atoms with van der Waals surface area (Å²) in [4.78, 5) is 11.9. The van der Waals surface area contributed by atoms with E-state index >= 15 is 0 Å². The molecule has 1 aromatic rings. The summed E-state index contributed by atoms with van der Waals surface area (Å²) in [6.07, 6.45) is 6.54. The minimum atomic E-state index is -0.685. The third kappa shape index (κ3) is 4.89. The van der Waals surface area contributed by atoms with Gasteiger partial charge in [-0.2, -0.15) is 0 Å². The van der Waals surface area contributed by atoms with Crippen LogP contribution in [-0.4, -0.2) is 26.0 Å². The van der Waals surface area contributed by atoms with Gasteiger partial charge in [-0.15, -0.1) is 0 Å². The van der Waals surface area contributed by atoms with Gasteiger partial charge < -0.3 is 14.2 Å². The number of hydrogen-bond donors (Lipinski definition) is 0. The molecule has 0 bridgehead atoms. The number of halogens is 1. The maximum absolute atomic E-state index is 14.5. The summed E-state index contributed by atoms with van der Waals surface area (Å²) in [7, 11) is 1.25. The molecule has 0 aromatic heterocycles. The minimum Gasteiger partial charge on any atom is -0.465 e. The molecule has 1 unspecified atom stereocenters. The van der Waals surface area contributed by atoms with Crippen LogP contribution in [0.1, 0.15) is 75.7 Å². The zero-order chi connectivity index (χ0) is 20.0. The van der Waals surface area contributed by atoms with Crippen molar-refractivity contribution in [1.82, 2.24) is 0 Å². The number of carbonyl (C=O) groups excluding carboxylic acids is 1. The Morgan fingerprint density at radius 2 is 2.00 bits per heavy atom. The summed E-state index contributed by atoms with van der Waals surface area (Å²) in [5.74, 6) is -0.897. The highest BCUT2D eigenvalue weighted by Crippen LogP contribution is 2.47. The maximum Gasteiger partial charge on any atom is 0.340 e. The van der Waals surface area contributed by atoms with Crippen molar-refractivity contribution in [3.63, 3.8) is 0 Å². The number of hydrogen-bond acceptors (Lipinski definition) is 4. The molecule has 1 atom stereocenters. The highest BCUT2D eigenvalue weighted by molar-refractivity contribution is 5.92. The minimum absolute atomic E-state index is 0.0588. The zero-order valence-corrected chi connectivity index (χ0v) is 17.1. The average molecular weight is 378 g/mol. The van der Waals surface area contributed by atoms with E-state index in [4.69, 9.17) is 14.2 Å². The van der Waals surface area contributed by atoms with E-state index in [1.54, 1.807) is 6.07 Å². The molecule has 0 radical (unpaired) electrons. The molecule has 1 aliphatic heterocycles. The first-order valence-electron chi connectivity index (χ1n) is 9.83. The molecule has 0 N–H and O–H groups in total. The predicted molar refractivity (Wildman–Crippen MR) is 104 cm³/mol. The third-order valence-corrected chi connectivity index (χ3v) is 5.01. The molecule has 3 rings (SSSR count). The van der Waals surface area contributed by atoms with E-state index < -0.39 is 11.8 Å². The van der Waals surface area contributed by atoms with Gasteiger partial charge in [0.05, 0.1) is 19.3 Å². The van der Waals surface area contributed by atoms with Crippen LogP contribution in [0.25, 0.3) is 5.57 Å². The molecule has 4 nitrogen and oxygen atoms in total. The summed E-state index contributed by atoms with van der Waals surface area (Å²) in [6, 6.07) is 2.84. The lowest BCUT2D eigenvalue weighted by Gasteiger charge is -2.28. The Morgan fingerprint density at radius 1 is 1.26 bits per heavy atom. The predicted octanol–water partition coefficient (Wildman–Crippen LogP) is 5.75. The summed E-state index contributed by atoms with van der Waals surface area (Å²) < 4.78 is 30.8. The van der Waals surface area contributed by atoms with Crippen LogP contribution in [0.2, 0.25) is 0 Å². The normalized spacial score (nSPS) is 21.0. The Morgan fingerprint density at radius 3 is 2.56 bits per heavy atom. The van der Waals surface area contributed by atoms with Crippen LogP contribution in [-0.2, 0) is 9.47 Å². The van der Waals surface area contributed by atoms with E-state index in [0.717, 1.165) is 43.2 Å². The quantitative estimate of drug-likeness (QED) is 0.626. The first-order valence-corrected chi connectivity index (χ1v) is 9.83. The Hall–Kier alpha value is -1.88. The largest absolute Gasteiger partial charge is 0.465 e. The lowest BCUT2D eigenvalue weighted by atomic mass is 9.81. The van der Waals surface area contributed by atoms with E-state index in [9.17, 15) is 9.18 Å². The van der Waals surface area contributed by atoms with Gasteiger partial charge in [-0.05, 0) is 42.7 Å². The number of allylic oxidation sites excluding steroid dienone is 2. The second-order valence-corrected chi connectivity index (χ2v) is 7.27. The van der Waals surface area contributed by atoms with Crippen molar-refractivity contribution < 1.29 is 23.4 Å². The smallest absolute Gasteiger partial charge is 0.340 e. The van der Waals surface area contributed by atoms with Crippen molar-refractivity contribution in [2.24, 2.45) is 5.41 Å². The molecule has 0 spiro atoms. The van der Waals surface area contributed by atoms with Crippen molar-refractivity contribution >= 4 is 11.5 Å². The molecule has 0 amide bonds. The van der Waals surface area contributed by atoms with Crippen molar-refractivity contribution in [1.29, 1.82) is 0 Å². The number of esters is 1. The van der Waals surface area contributed by atoms with Crippen molar-refractivity contribution in [3.05, 3.63) is 35.2 Å². The van der Waals surface area contributed by atoms with E-state index in [-0.39, 0.29) is 17.3 Å². The summed E-state index contributed by atoms with van der Waals surface area (Å²) in [5, 5.41) is 0. The van der Waals surface area contributed by atoms with E-state index in [1.165, 1.54) is 13.2 Å². The Bertz CT molecular complexity index is 688. The molecule has 2 aliphatic rings. The van der Waals surface area contributed by atoms with Crippen LogP contribution in [0.15, 0.2) is 18.2 Å². The summed E-state index contributed by atoms with van der Waals surface area (Å²) >= 11 is 0. The fourth-order valence-electron chi connectivity index (χ4n) is 3.54. The summed E-state index contributed by atoms with van der Waals surface area (Å²) in [6.45, 7) is 8.94. The second kappa shape index (κ2) is 9.36. The number of ether oxygens (including phenoxy) is 3. The SMILES string of the molecule is CC.COC(=O)c1cc(C2=CCCC2(C)C)c(OC2CCCCO2)cc1F. The van der Waals surface area contributed by atoms with Gasteiger partial charge in [0.1, 0.15) is 11.6 Å². The van der Waals surface area contributed by atoms with E-state index in [2.05, 4.69) is 19.9 Å². The molecule has 5 heteroatoms. The Labute approximate surface area is 161 Å². The molecule has 1 aromatic carbocycles. The standard InChI is InChI=1S/C20H25FO4.C2H6/c1-20(2)9-6-7-15(20)13-11-14(19(22)23-3)16(21)12-17(13)25-18-8-4-5-10-24-18;1-2/h7,11-12,18H,4-6,8-10H2,1-3H3;1-2H3. The van der Waals surface area contributed by atoms with Crippen LogP contribution in [0.4, 0.5) is 4.39 Å². The van der Waals surface area contributed by atoms with Crippen LogP contribution in [0, 0.1) is 11.2 Å². The molecule has 1 heterocycles. The van der Waals surface area contributed by atoms with E-state index in [0.29, 0.717) is 12.4 Å². The van der Waals surface area contributed by atoms with Gasteiger partial charge in [0.15, 0.2) is 6.29 Å². The number of methoxy groups -OCH3 is 1. The fraction of sp³-hybridized carbons (Fsp3) is 0.591. The molecule has 27 heavy (non-hydrogen) atoms. The topological polar surface area (TPSA) is 44.8 Å². The van der Waals surface area contributed by atoms with Crippen LogP contribution in [0.5, 0.6) is 5.75 Å². The highest BCUT2D eigenvalue weighted by atomic mass is 19.1. The molecule has 1 saturated heterocycles. The molecule has 1 aliphatic carbocycles. The molecular weight excluding hydrogens is 347 g/mol. The first kappa shape index (κ1) is 21.4. The number of carbonyl (C=O) groups is 1. The van der Waals surface area contributed by atoms with Crippen molar-refractivity contribution in [3.8, 4) is 5.75 Å². The van der Waals surface area contributed by atoms with E-state index in [1.807, 2.05) is 13.8 Å². The number of rotatable bonds is 4. The summed E-state index contributed by atoms with van der Waals surface area (Å²) in [5.41, 5.74) is 1.69. The van der Waals surface area contributed by atoms with Gasteiger partial charge in [0, 0.05) is 18.1 Å². The van der Waals surface area contributed by atoms with Gasteiger partial charge >= 0.3 is 5.97 Å². The maximum atomic E-state index is 14.5. The molecule has 0 saturated carbocycles. The monoisotopic (exact) mass is 378 g/mol. The number of benzene rings is 1. The molecule has 1 fully saturated rings. The fourth-order valence-corrected chi connectivity index (χ4v) is 3.54. The Balaban J connectivity index is 0.00000126. The van der Waals surface area contributed by atoms with Crippen molar-refractivity contribution in [2.45, 2.75) is 66.1 Å². The van der Waals surface area contributed by atoms with Crippen LogP contribution in [0.3, 0.4) is 0 Å². The average Bonchev–Trinajstić information content (AvgIpc) is 3.03. The van der Waals surface area contributed by atoms with Gasteiger partial charge in [-0.25, -0.2) is 9.18 Å². The van der Waals surface area contributed by atoms with Crippen LogP contribution >= 0.6 is 0 Å². The zero-order valence-electron chi connectivity index (χ0n) is 17.1. The van der Waals surface area contributed by atoms with Gasteiger partial charge in [0.25, 0.3) is 0 Å². The lowest BCUT2D eigenvalue weighted by Crippen LogP contribution is -2.26. The van der Waals surface area contributed by atoms with Crippen molar-refractivity contribution in [2.75, 3.05) is 13.7 Å². The first-order chi connectivity index (χ1) is 12.9.